The number of ether oxygens (including phenoxy) is 1. The van der Waals surface area contributed by atoms with Crippen LogP contribution in [0.15, 0.2) is 24.3 Å². The fraction of sp³-hybridized carbons (Fsp3) is 0.364. The number of methoxy groups -OCH3 is 1. The first-order chi connectivity index (χ1) is 6.69. The molecule has 0 spiro atoms. The molecule has 0 aliphatic heterocycles. The van der Waals surface area contributed by atoms with Crippen LogP contribution in [0.4, 0.5) is 0 Å². The Labute approximate surface area is 83.9 Å². The summed E-state index contributed by atoms with van der Waals surface area (Å²) in [5.74, 6) is -0.318. The Kier molecular flexibility index (Phi) is 3.65. The molecular weight excluding hydrogens is 178 g/mol. The van der Waals surface area contributed by atoms with E-state index in [0.29, 0.717) is 5.56 Å². The van der Waals surface area contributed by atoms with Crippen molar-refractivity contribution >= 4 is 5.97 Å². The second-order valence-electron chi connectivity index (χ2n) is 3.13. The van der Waals surface area contributed by atoms with E-state index in [9.17, 15) is 4.79 Å². The number of hydrogen-bond donors (Lipinski definition) is 1. The van der Waals surface area contributed by atoms with Crippen molar-refractivity contribution in [2.24, 2.45) is 5.73 Å². The average Bonchev–Trinajstić information content (AvgIpc) is 2.27. The van der Waals surface area contributed by atoms with Gasteiger partial charge in [0, 0.05) is 6.04 Å². The van der Waals surface area contributed by atoms with E-state index in [1.807, 2.05) is 19.1 Å². The highest BCUT2D eigenvalue weighted by Gasteiger charge is 2.06. The van der Waals surface area contributed by atoms with Gasteiger partial charge in [0.05, 0.1) is 12.7 Å². The fourth-order valence-electron chi connectivity index (χ4n) is 1.22. The van der Waals surface area contributed by atoms with Gasteiger partial charge in [-0.15, -0.1) is 0 Å². The van der Waals surface area contributed by atoms with Crippen LogP contribution in [0.1, 0.15) is 35.3 Å². The Morgan fingerprint density at radius 2 is 2.00 bits per heavy atom. The van der Waals surface area contributed by atoms with Crippen molar-refractivity contribution in [1.82, 2.24) is 0 Å². The van der Waals surface area contributed by atoms with Crippen molar-refractivity contribution in [3.63, 3.8) is 0 Å². The predicted octanol–water partition coefficient (Wildman–Crippen LogP) is 1.88. The number of carbonyl (C=O) groups is 1. The molecule has 0 bridgehead atoms. The van der Waals surface area contributed by atoms with E-state index in [2.05, 4.69) is 4.74 Å². The molecule has 1 rings (SSSR count). The van der Waals surface area contributed by atoms with Gasteiger partial charge in [-0.3, -0.25) is 0 Å². The largest absolute Gasteiger partial charge is 0.465 e. The number of esters is 1. The second-order valence-corrected chi connectivity index (χ2v) is 3.13. The van der Waals surface area contributed by atoms with Gasteiger partial charge in [0.2, 0.25) is 0 Å². The first-order valence-electron chi connectivity index (χ1n) is 4.63. The van der Waals surface area contributed by atoms with E-state index < -0.39 is 0 Å². The van der Waals surface area contributed by atoms with E-state index in [-0.39, 0.29) is 12.0 Å². The van der Waals surface area contributed by atoms with Crippen molar-refractivity contribution in [2.75, 3.05) is 7.11 Å². The molecular formula is C11H15NO2. The molecule has 0 aromatic heterocycles. The second kappa shape index (κ2) is 4.77. The topological polar surface area (TPSA) is 52.3 Å². The quantitative estimate of drug-likeness (QED) is 0.746. The van der Waals surface area contributed by atoms with E-state index >= 15 is 0 Å². The van der Waals surface area contributed by atoms with Gasteiger partial charge < -0.3 is 10.5 Å². The third kappa shape index (κ3) is 2.33. The van der Waals surface area contributed by atoms with Crippen LogP contribution in [0.5, 0.6) is 0 Å². The number of carbonyl (C=O) groups excluding carboxylic acids is 1. The summed E-state index contributed by atoms with van der Waals surface area (Å²) in [6.07, 6.45) is 0.886. The third-order valence-electron chi connectivity index (χ3n) is 2.20. The molecule has 0 amide bonds. The van der Waals surface area contributed by atoms with E-state index in [4.69, 9.17) is 5.73 Å². The molecule has 1 aromatic carbocycles. The van der Waals surface area contributed by atoms with Crippen LogP contribution < -0.4 is 5.73 Å². The van der Waals surface area contributed by atoms with Gasteiger partial charge in [-0.2, -0.15) is 0 Å². The molecule has 3 nitrogen and oxygen atoms in total. The van der Waals surface area contributed by atoms with Crippen molar-refractivity contribution in [3.8, 4) is 0 Å². The Hall–Kier alpha value is -1.35. The van der Waals surface area contributed by atoms with Crippen molar-refractivity contribution in [2.45, 2.75) is 19.4 Å². The highest BCUT2D eigenvalue weighted by atomic mass is 16.5. The van der Waals surface area contributed by atoms with E-state index in [1.165, 1.54) is 7.11 Å². The van der Waals surface area contributed by atoms with Gasteiger partial charge in [-0.1, -0.05) is 19.1 Å². The standard InChI is InChI=1S/C11H15NO2/c1-3-10(12)8-4-6-9(7-5-8)11(13)14-2/h4-7,10H,3,12H2,1-2H3/t10-/m0/s1. The third-order valence-corrected chi connectivity index (χ3v) is 2.20. The Balaban J connectivity index is 2.83. The van der Waals surface area contributed by atoms with Gasteiger partial charge in [0.15, 0.2) is 0 Å². The number of hydrogen-bond acceptors (Lipinski definition) is 3. The summed E-state index contributed by atoms with van der Waals surface area (Å²) < 4.78 is 4.59. The minimum Gasteiger partial charge on any atom is -0.465 e. The molecule has 2 N–H and O–H groups in total. The summed E-state index contributed by atoms with van der Waals surface area (Å²) in [5, 5.41) is 0. The molecule has 0 aliphatic rings. The van der Waals surface area contributed by atoms with Crippen LogP contribution in [0.25, 0.3) is 0 Å². The molecule has 0 radical (unpaired) electrons. The zero-order valence-corrected chi connectivity index (χ0v) is 8.49. The minimum atomic E-state index is -0.318. The van der Waals surface area contributed by atoms with Crippen LogP contribution in [-0.4, -0.2) is 13.1 Å². The molecule has 0 unspecified atom stereocenters. The highest BCUT2D eigenvalue weighted by Crippen LogP contribution is 2.14. The lowest BCUT2D eigenvalue weighted by Crippen LogP contribution is -2.09. The van der Waals surface area contributed by atoms with Gasteiger partial charge >= 0.3 is 5.97 Å². The predicted molar refractivity (Wildman–Crippen MR) is 55.0 cm³/mol. The summed E-state index contributed by atoms with van der Waals surface area (Å²) in [7, 11) is 1.37. The van der Waals surface area contributed by atoms with Crippen LogP contribution in [-0.2, 0) is 4.74 Å². The lowest BCUT2D eigenvalue weighted by Gasteiger charge is -2.08. The number of rotatable bonds is 3. The lowest BCUT2D eigenvalue weighted by molar-refractivity contribution is 0.0600. The molecule has 3 heteroatoms. The Morgan fingerprint density at radius 3 is 2.43 bits per heavy atom. The van der Waals surface area contributed by atoms with Crippen molar-refractivity contribution in [1.29, 1.82) is 0 Å². The average molecular weight is 193 g/mol. The van der Waals surface area contributed by atoms with Gasteiger partial charge in [-0.25, -0.2) is 4.79 Å². The van der Waals surface area contributed by atoms with Crippen LogP contribution in [0.2, 0.25) is 0 Å². The maximum absolute atomic E-state index is 11.1. The van der Waals surface area contributed by atoms with Crippen LogP contribution in [0.3, 0.4) is 0 Å². The van der Waals surface area contributed by atoms with Gasteiger partial charge in [0.25, 0.3) is 0 Å². The van der Waals surface area contributed by atoms with E-state index in [1.54, 1.807) is 12.1 Å². The first kappa shape index (κ1) is 10.7. The molecule has 1 atom stereocenters. The van der Waals surface area contributed by atoms with E-state index in [0.717, 1.165) is 12.0 Å². The maximum atomic E-state index is 11.1. The molecule has 0 fully saturated rings. The van der Waals surface area contributed by atoms with Crippen molar-refractivity contribution < 1.29 is 9.53 Å². The molecule has 1 aromatic rings. The fourth-order valence-corrected chi connectivity index (χ4v) is 1.22. The zero-order chi connectivity index (χ0) is 10.6. The Bertz CT molecular complexity index is 306. The summed E-state index contributed by atoms with van der Waals surface area (Å²) in [6, 6.07) is 7.23. The summed E-state index contributed by atoms with van der Waals surface area (Å²) >= 11 is 0. The number of benzene rings is 1. The number of nitrogens with two attached hydrogens (primary N) is 1. The van der Waals surface area contributed by atoms with Crippen LogP contribution in [0, 0.1) is 0 Å². The SMILES string of the molecule is CC[C@H](N)c1ccc(C(=O)OC)cc1. The highest BCUT2D eigenvalue weighted by molar-refractivity contribution is 5.89. The summed E-state index contributed by atoms with van der Waals surface area (Å²) in [5.41, 5.74) is 7.43. The van der Waals surface area contributed by atoms with Gasteiger partial charge in [0.1, 0.15) is 0 Å². The van der Waals surface area contributed by atoms with Crippen LogP contribution >= 0.6 is 0 Å². The molecule has 14 heavy (non-hydrogen) atoms. The summed E-state index contributed by atoms with van der Waals surface area (Å²) in [6.45, 7) is 2.03. The minimum absolute atomic E-state index is 0.0432. The van der Waals surface area contributed by atoms with Gasteiger partial charge in [-0.05, 0) is 24.1 Å². The summed E-state index contributed by atoms with van der Waals surface area (Å²) in [4.78, 5) is 11.1. The smallest absolute Gasteiger partial charge is 0.337 e. The maximum Gasteiger partial charge on any atom is 0.337 e. The molecule has 0 aliphatic carbocycles. The molecule has 0 saturated carbocycles. The molecule has 0 saturated heterocycles. The first-order valence-corrected chi connectivity index (χ1v) is 4.63. The monoisotopic (exact) mass is 193 g/mol. The Morgan fingerprint density at radius 1 is 1.43 bits per heavy atom. The lowest BCUT2D eigenvalue weighted by atomic mass is 10.0. The molecule has 0 heterocycles. The normalized spacial score (nSPS) is 12.2. The van der Waals surface area contributed by atoms with Crippen molar-refractivity contribution in [3.05, 3.63) is 35.4 Å². The zero-order valence-electron chi connectivity index (χ0n) is 8.49. The molecule has 76 valence electrons.